The van der Waals surface area contributed by atoms with Gasteiger partial charge in [-0.3, -0.25) is 0 Å². The first-order valence-electron chi connectivity index (χ1n) is 0.908. The molecule has 28 valence electrons. The summed E-state index contributed by atoms with van der Waals surface area (Å²) in [5, 5.41) is 0. The maximum absolute atomic E-state index is 10.4. The summed E-state index contributed by atoms with van der Waals surface area (Å²) >= 11 is 0. The summed E-state index contributed by atoms with van der Waals surface area (Å²) < 4.78 is 24.0. The molecule has 0 aliphatic carbocycles. The van der Waals surface area contributed by atoms with Crippen molar-refractivity contribution in [1.82, 2.24) is 0 Å². The van der Waals surface area contributed by atoms with Gasteiger partial charge in [0.25, 0.3) is 0 Å². The van der Waals surface area contributed by atoms with Gasteiger partial charge in [0.05, 0.1) is 0 Å². The minimum absolute atomic E-state index is 0. The number of hydrogen-bond donors (Lipinski definition) is 0. The molecule has 1 nitrogen and oxygen atoms in total. The number of hydrogen-bond acceptors (Lipinski definition) is 1. The predicted octanol–water partition coefficient (Wildman–Crippen LogP) is -5.98. The van der Waals surface area contributed by atoms with Gasteiger partial charge in [0, 0.05) is 0 Å². The molecule has 0 atom stereocenters. The van der Waals surface area contributed by atoms with Crippen molar-refractivity contribution >= 4 is 15.5 Å². The largest absolute Gasteiger partial charge is 1.00 e. The van der Waals surface area contributed by atoms with Crippen molar-refractivity contribution in [3.8, 4) is 0 Å². The molecular formula is B2F2Li2O. The van der Waals surface area contributed by atoms with Crippen LogP contribution in [0.25, 0.3) is 0 Å². The Balaban J connectivity index is -0.0000000800. The molecule has 0 bridgehead atoms. The molecule has 7 heavy (non-hydrogen) atoms. The van der Waals surface area contributed by atoms with Gasteiger partial charge in [-0.2, -0.15) is 0 Å². The third kappa shape index (κ3) is 19.1. The third-order valence-electron chi connectivity index (χ3n) is 0.103. The first-order chi connectivity index (χ1) is 2.41. The number of halogens is 2. The Labute approximate surface area is 66.6 Å². The fraction of sp³-hybridized carbons (Fsp3) is 0. The van der Waals surface area contributed by atoms with Crippen molar-refractivity contribution in [2.24, 2.45) is 0 Å². The summed E-state index contributed by atoms with van der Waals surface area (Å²) in [7, 11) is -0.500. The van der Waals surface area contributed by atoms with E-state index in [1.54, 1.807) is 0 Å². The van der Waals surface area contributed by atoms with Gasteiger partial charge in [0.2, 0.25) is 0 Å². The van der Waals surface area contributed by atoms with Crippen molar-refractivity contribution in [3.63, 3.8) is 0 Å². The van der Waals surface area contributed by atoms with Crippen molar-refractivity contribution in [2.75, 3.05) is 0 Å². The molecule has 0 saturated heterocycles. The third-order valence-corrected chi connectivity index (χ3v) is 0.103. The smallest absolute Gasteiger partial charge is 0.857 e. The predicted molar refractivity (Wildman–Crippen MR) is 14.8 cm³/mol. The van der Waals surface area contributed by atoms with E-state index in [0.717, 1.165) is 0 Å². The SMILES string of the molecule is F[B-]O[B-]F.[Li+].[Li+]. The fourth-order valence-corrected chi connectivity index (χ4v) is 0.0194. The molecular weight excluding hydrogens is 89.5 g/mol. The summed E-state index contributed by atoms with van der Waals surface area (Å²) in [4.78, 5) is 0. The first kappa shape index (κ1) is 15.7. The van der Waals surface area contributed by atoms with Crippen LogP contribution in [-0.2, 0) is 4.57 Å². The molecule has 0 rings (SSSR count). The van der Waals surface area contributed by atoms with Gasteiger partial charge in [0.15, 0.2) is 0 Å². The van der Waals surface area contributed by atoms with Crippen molar-refractivity contribution in [1.29, 1.82) is 0 Å². The molecule has 0 heterocycles. The van der Waals surface area contributed by atoms with Crippen LogP contribution >= 0.6 is 0 Å². The molecule has 0 amide bonds. The van der Waals surface area contributed by atoms with E-state index in [0.29, 0.717) is 0 Å². The first-order valence-corrected chi connectivity index (χ1v) is 0.908. The van der Waals surface area contributed by atoms with Gasteiger partial charge in [-0.05, 0) is 15.5 Å². The summed E-state index contributed by atoms with van der Waals surface area (Å²) in [6.45, 7) is 0. The maximum atomic E-state index is 10.4. The van der Waals surface area contributed by atoms with E-state index in [2.05, 4.69) is 4.57 Å². The second-order valence-corrected chi connectivity index (χ2v) is 0.314. The Bertz CT molecular complexity index is 21.2. The van der Waals surface area contributed by atoms with E-state index >= 15 is 0 Å². The molecule has 0 aliphatic heterocycles. The Kier molecular flexibility index (Phi) is 35.2. The molecule has 0 saturated carbocycles. The van der Waals surface area contributed by atoms with Crippen molar-refractivity contribution < 1.29 is 50.9 Å². The van der Waals surface area contributed by atoms with E-state index in [9.17, 15) is 8.63 Å². The normalized spacial score (nSPS) is 6.00. The van der Waals surface area contributed by atoms with Gasteiger partial charge in [-0.1, -0.05) is 0 Å². The Morgan fingerprint density at radius 3 is 1.29 bits per heavy atom. The van der Waals surface area contributed by atoms with Crippen LogP contribution in [0.4, 0.5) is 8.63 Å². The second-order valence-electron chi connectivity index (χ2n) is 0.314. The molecule has 0 aromatic carbocycles. The molecule has 0 unspecified atom stereocenters. The minimum atomic E-state index is -0.250. The molecule has 0 spiro atoms. The summed E-state index contributed by atoms with van der Waals surface area (Å²) in [6.07, 6.45) is 0. The van der Waals surface area contributed by atoms with E-state index in [1.165, 1.54) is 0 Å². The van der Waals surface area contributed by atoms with Crippen LogP contribution in [0.2, 0.25) is 0 Å². The van der Waals surface area contributed by atoms with Crippen LogP contribution in [0, 0.1) is 0 Å². The van der Waals surface area contributed by atoms with Gasteiger partial charge in [-0.15, -0.1) is 0 Å². The zero-order chi connectivity index (χ0) is 4.12. The Morgan fingerprint density at radius 2 is 1.29 bits per heavy atom. The average Bonchev–Trinajstić information content (AvgIpc) is 1.41. The van der Waals surface area contributed by atoms with E-state index in [1.807, 2.05) is 0 Å². The van der Waals surface area contributed by atoms with Crippen molar-refractivity contribution in [2.45, 2.75) is 0 Å². The summed E-state index contributed by atoms with van der Waals surface area (Å²) in [5.74, 6) is 0. The standard InChI is InChI=1S/B2F2O.2Li/c3-1-5-2-4;;/q-2;2*+1. The van der Waals surface area contributed by atoms with Crippen LogP contribution < -0.4 is 37.7 Å². The van der Waals surface area contributed by atoms with E-state index < -0.39 is 0 Å². The van der Waals surface area contributed by atoms with Crippen LogP contribution in [0.1, 0.15) is 0 Å². The van der Waals surface area contributed by atoms with Crippen LogP contribution in [0.15, 0.2) is 0 Å². The van der Waals surface area contributed by atoms with Gasteiger partial charge < -0.3 is 13.2 Å². The minimum Gasteiger partial charge on any atom is -0.857 e. The maximum Gasteiger partial charge on any atom is 1.00 e. The van der Waals surface area contributed by atoms with Crippen LogP contribution in [0.5, 0.6) is 0 Å². The quantitative estimate of drug-likeness (QED) is 0.306. The summed E-state index contributed by atoms with van der Waals surface area (Å²) in [5.41, 5.74) is 0. The molecule has 7 heteroatoms. The molecule has 0 aromatic heterocycles. The topological polar surface area (TPSA) is 9.23 Å². The van der Waals surface area contributed by atoms with Gasteiger partial charge in [0.1, 0.15) is 0 Å². The molecule has 0 aliphatic rings. The average molecular weight is 89.5 g/mol. The second kappa shape index (κ2) is 15.7. The fourth-order valence-electron chi connectivity index (χ4n) is 0.0194. The zero-order valence-electron chi connectivity index (χ0n) is 4.32. The zero-order valence-corrected chi connectivity index (χ0v) is 4.32. The number of rotatable bonds is 2. The molecule has 0 fully saturated rings. The van der Waals surface area contributed by atoms with Crippen molar-refractivity contribution in [3.05, 3.63) is 0 Å². The van der Waals surface area contributed by atoms with E-state index in [-0.39, 0.29) is 53.2 Å². The Hall–Kier alpha value is 1.14. The molecule has 0 N–H and O–H groups in total. The van der Waals surface area contributed by atoms with Gasteiger partial charge >= 0.3 is 37.7 Å². The van der Waals surface area contributed by atoms with Gasteiger partial charge in [-0.25, -0.2) is 0 Å². The Morgan fingerprint density at radius 1 is 1.00 bits per heavy atom. The van der Waals surface area contributed by atoms with Crippen LogP contribution in [0.3, 0.4) is 0 Å². The summed E-state index contributed by atoms with van der Waals surface area (Å²) in [6, 6.07) is 0. The van der Waals surface area contributed by atoms with E-state index in [4.69, 9.17) is 0 Å². The monoisotopic (exact) mass is 90.0 g/mol. The van der Waals surface area contributed by atoms with Crippen LogP contribution in [-0.4, -0.2) is 15.5 Å². The molecule has 4 radical (unpaired) electrons. The molecule has 0 aromatic rings.